The summed E-state index contributed by atoms with van der Waals surface area (Å²) >= 11 is 0. The van der Waals surface area contributed by atoms with E-state index in [1.54, 1.807) is 44.2 Å². The van der Waals surface area contributed by atoms with Gasteiger partial charge in [-0.15, -0.1) is 12.4 Å². The van der Waals surface area contributed by atoms with E-state index in [9.17, 15) is 29.1 Å². The lowest BCUT2D eigenvalue weighted by atomic mass is 10.0. The van der Waals surface area contributed by atoms with Gasteiger partial charge >= 0.3 is 12.0 Å². The number of aliphatic imine (C=N–C) groups is 2. The molecule has 0 saturated carbocycles. The van der Waals surface area contributed by atoms with Gasteiger partial charge in [0, 0.05) is 19.5 Å². The average Bonchev–Trinajstić information content (AvgIpc) is 2.94. The molecule has 0 fully saturated rings. The molecule has 4 amide bonds. The molecule has 16 nitrogen and oxygen atoms in total. The average molecular weight is 641 g/mol. The van der Waals surface area contributed by atoms with E-state index in [0.717, 1.165) is 0 Å². The monoisotopic (exact) mass is 640 g/mol. The number of carboxylic acids is 1. The first-order valence-electron chi connectivity index (χ1n) is 13.8. The van der Waals surface area contributed by atoms with Gasteiger partial charge in [-0.25, -0.2) is 9.59 Å². The van der Waals surface area contributed by atoms with E-state index in [4.69, 9.17) is 22.9 Å². The number of carboxylic acid groups (broad SMARTS) is 1. The van der Waals surface area contributed by atoms with E-state index >= 15 is 0 Å². The first-order chi connectivity index (χ1) is 20.3. The Morgan fingerprint density at radius 1 is 0.818 bits per heavy atom. The van der Waals surface area contributed by atoms with E-state index in [2.05, 4.69) is 31.3 Å². The number of nitrogens with one attached hydrogen (secondary N) is 4. The van der Waals surface area contributed by atoms with E-state index in [1.807, 2.05) is 0 Å². The number of halogens is 1. The second-order valence-electron chi connectivity index (χ2n) is 10.1. The summed E-state index contributed by atoms with van der Waals surface area (Å²) in [5.74, 6) is -3.17. The zero-order chi connectivity index (χ0) is 32.4. The number of aldehydes is 1. The van der Waals surface area contributed by atoms with Crippen LogP contribution in [-0.4, -0.2) is 84.4 Å². The largest absolute Gasteiger partial charge is 0.480 e. The van der Waals surface area contributed by atoms with Crippen molar-refractivity contribution in [2.45, 2.75) is 70.1 Å². The lowest BCUT2D eigenvalue weighted by Gasteiger charge is -2.27. The van der Waals surface area contributed by atoms with Crippen LogP contribution >= 0.6 is 12.4 Å². The summed E-state index contributed by atoms with van der Waals surface area (Å²) in [5, 5.41) is 19.7. The highest BCUT2D eigenvalue weighted by molar-refractivity contribution is 5.93. The number of hydrogen-bond acceptors (Lipinski definition) is 7. The lowest BCUT2D eigenvalue weighted by molar-refractivity contribution is -0.139. The molecule has 0 aromatic heterocycles. The number of rotatable bonds is 19. The molecule has 0 aliphatic rings. The summed E-state index contributed by atoms with van der Waals surface area (Å²) in [6.45, 7) is 3.84. The molecule has 1 aromatic rings. The van der Waals surface area contributed by atoms with Crippen LogP contribution in [0.1, 0.15) is 45.1 Å². The van der Waals surface area contributed by atoms with E-state index in [0.29, 0.717) is 18.3 Å². The SMILES string of the molecule is CC(C)C(NC(=O)C(CCCN=C(N)N)NC(=O)NC(Cc1ccccc1)C(=O)O)C(=O)NC(C=O)CCCN=C(N)N.Cl. The molecule has 0 heterocycles. The minimum absolute atomic E-state index is 0. The van der Waals surface area contributed by atoms with Gasteiger partial charge in [0.2, 0.25) is 11.8 Å². The van der Waals surface area contributed by atoms with Gasteiger partial charge in [-0.3, -0.25) is 19.6 Å². The Hall–Kier alpha value is -4.60. The fourth-order valence-corrected chi connectivity index (χ4v) is 3.94. The van der Waals surface area contributed by atoms with Crippen LogP contribution < -0.4 is 44.2 Å². The van der Waals surface area contributed by atoms with Crippen molar-refractivity contribution in [1.29, 1.82) is 0 Å². The summed E-state index contributed by atoms with van der Waals surface area (Å²) in [6.07, 6.45) is 1.65. The van der Waals surface area contributed by atoms with Gasteiger partial charge in [0.1, 0.15) is 24.4 Å². The van der Waals surface area contributed by atoms with E-state index in [1.165, 1.54) is 0 Å². The minimum Gasteiger partial charge on any atom is -0.480 e. The first kappa shape index (κ1) is 39.4. The number of urea groups is 1. The molecule has 0 aliphatic carbocycles. The van der Waals surface area contributed by atoms with E-state index in [-0.39, 0.29) is 63.1 Å². The van der Waals surface area contributed by atoms with Crippen molar-refractivity contribution in [3.05, 3.63) is 35.9 Å². The molecule has 0 spiro atoms. The normalized spacial score (nSPS) is 13.1. The summed E-state index contributed by atoms with van der Waals surface area (Å²) in [5.41, 5.74) is 22.0. The zero-order valence-electron chi connectivity index (χ0n) is 24.9. The van der Waals surface area contributed by atoms with Crippen LogP contribution in [0.5, 0.6) is 0 Å². The highest BCUT2D eigenvalue weighted by Crippen LogP contribution is 2.08. The number of aliphatic carboxylic acids is 1. The number of nitrogens with two attached hydrogens (primary N) is 4. The smallest absolute Gasteiger partial charge is 0.326 e. The molecule has 0 saturated heterocycles. The number of carbonyl (C=O) groups excluding carboxylic acids is 4. The number of nitrogens with zero attached hydrogens (tertiary/aromatic N) is 2. The second-order valence-corrected chi connectivity index (χ2v) is 10.1. The van der Waals surface area contributed by atoms with Gasteiger partial charge in [0.15, 0.2) is 11.9 Å². The quantitative estimate of drug-likeness (QED) is 0.0373. The van der Waals surface area contributed by atoms with Gasteiger partial charge in [-0.2, -0.15) is 0 Å². The number of amides is 4. The van der Waals surface area contributed by atoms with Crippen molar-refractivity contribution in [2.24, 2.45) is 38.8 Å². The zero-order valence-corrected chi connectivity index (χ0v) is 25.7. The van der Waals surface area contributed by atoms with Crippen LogP contribution in [0, 0.1) is 5.92 Å². The van der Waals surface area contributed by atoms with Gasteiger partial charge in [0.25, 0.3) is 0 Å². The molecule has 1 rings (SSSR count). The third-order valence-corrected chi connectivity index (χ3v) is 6.16. The van der Waals surface area contributed by atoms with Gasteiger partial charge < -0.3 is 54.1 Å². The molecule has 0 radical (unpaired) electrons. The summed E-state index contributed by atoms with van der Waals surface area (Å²) in [7, 11) is 0. The maximum atomic E-state index is 13.3. The Morgan fingerprint density at radius 2 is 1.36 bits per heavy atom. The predicted molar refractivity (Wildman–Crippen MR) is 169 cm³/mol. The maximum absolute atomic E-state index is 13.3. The third kappa shape index (κ3) is 16.1. The molecule has 0 aliphatic heterocycles. The van der Waals surface area contributed by atoms with Crippen LogP contribution in [0.3, 0.4) is 0 Å². The third-order valence-electron chi connectivity index (χ3n) is 6.16. The molecule has 4 atom stereocenters. The number of benzene rings is 1. The molecule has 44 heavy (non-hydrogen) atoms. The molecular formula is C27H45ClN10O6. The molecule has 246 valence electrons. The Kier molecular flexibility index (Phi) is 18.9. The first-order valence-corrected chi connectivity index (χ1v) is 13.8. The summed E-state index contributed by atoms with van der Waals surface area (Å²) in [4.78, 5) is 70.3. The van der Waals surface area contributed by atoms with Crippen LogP contribution in [0.25, 0.3) is 0 Å². The topological polar surface area (TPSA) is 282 Å². The Labute approximate surface area is 262 Å². The highest BCUT2D eigenvalue weighted by Gasteiger charge is 2.30. The van der Waals surface area contributed by atoms with Crippen LogP contribution in [0.4, 0.5) is 4.79 Å². The Morgan fingerprint density at radius 3 is 1.86 bits per heavy atom. The van der Waals surface area contributed by atoms with Crippen molar-refractivity contribution in [1.82, 2.24) is 21.3 Å². The lowest BCUT2D eigenvalue weighted by Crippen LogP contribution is -2.58. The molecule has 4 unspecified atom stereocenters. The van der Waals surface area contributed by atoms with Crippen molar-refractivity contribution in [2.75, 3.05) is 13.1 Å². The van der Waals surface area contributed by atoms with Crippen LogP contribution in [0.2, 0.25) is 0 Å². The highest BCUT2D eigenvalue weighted by atomic mass is 35.5. The van der Waals surface area contributed by atoms with Crippen molar-refractivity contribution in [3.8, 4) is 0 Å². The molecule has 13 N–H and O–H groups in total. The van der Waals surface area contributed by atoms with Gasteiger partial charge in [-0.05, 0) is 37.2 Å². The van der Waals surface area contributed by atoms with Crippen LogP contribution in [0.15, 0.2) is 40.3 Å². The van der Waals surface area contributed by atoms with E-state index < -0.39 is 53.9 Å². The summed E-state index contributed by atoms with van der Waals surface area (Å²) in [6, 6.07) is 3.51. The summed E-state index contributed by atoms with van der Waals surface area (Å²) < 4.78 is 0. The molecule has 17 heteroatoms. The number of carbonyl (C=O) groups is 5. The molecule has 0 bridgehead atoms. The van der Waals surface area contributed by atoms with Gasteiger partial charge in [-0.1, -0.05) is 44.2 Å². The fraction of sp³-hybridized carbons (Fsp3) is 0.519. The van der Waals surface area contributed by atoms with Gasteiger partial charge in [0.05, 0.1) is 6.04 Å². The standard InChI is InChI=1S/C27H44N10O6.ClH/c1-16(2)21(23(40)34-18(15-38)10-6-12-32-25(28)29)37-22(39)19(11-7-13-33-26(30)31)35-27(43)36-20(24(41)42)14-17-8-4-3-5-9-17;/h3-5,8-9,15-16,18-21H,6-7,10-14H2,1-2H3,(H,34,40)(H,37,39)(H,41,42)(H4,28,29,32)(H4,30,31,33)(H2,35,36,43);1H. The van der Waals surface area contributed by atoms with Crippen molar-refractivity contribution in [3.63, 3.8) is 0 Å². The maximum Gasteiger partial charge on any atom is 0.326 e. The number of hydrogen-bond donors (Lipinski definition) is 9. The number of guanidine groups is 2. The molecular weight excluding hydrogens is 596 g/mol. The predicted octanol–water partition coefficient (Wildman–Crippen LogP) is -1.30. The second kappa shape index (κ2) is 21.1. The Balaban J connectivity index is 0.0000185. The van der Waals surface area contributed by atoms with Crippen LogP contribution in [-0.2, 0) is 25.6 Å². The Bertz CT molecular complexity index is 1130. The molecule has 1 aromatic carbocycles. The van der Waals surface area contributed by atoms with Crippen molar-refractivity contribution >= 4 is 54.4 Å². The fourth-order valence-electron chi connectivity index (χ4n) is 3.94. The van der Waals surface area contributed by atoms with Crippen molar-refractivity contribution < 1.29 is 29.1 Å². The minimum atomic E-state index is -1.27.